The van der Waals surface area contributed by atoms with Crippen LogP contribution in [0.2, 0.25) is 0 Å². The Kier molecular flexibility index (Phi) is 4.06. The Morgan fingerprint density at radius 2 is 2.14 bits per heavy atom. The monoisotopic (exact) mass is 291 g/mol. The van der Waals surface area contributed by atoms with Gasteiger partial charge in [0.1, 0.15) is 0 Å². The predicted molar refractivity (Wildman–Crippen MR) is 81.2 cm³/mol. The Hall–Kier alpha value is -2.24. The van der Waals surface area contributed by atoms with Crippen LogP contribution >= 0.6 is 0 Å². The van der Waals surface area contributed by atoms with E-state index < -0.39 is 11.4 Å². The predicted octanol–water partition coefficient (Wildman–Crippen LogP) is 1.02. The highest BCUT2D eigenvalue weighted by molar-refractivity contribution is 5.96. The summed E-state index contributed by atoms with van der Waals surface area (Å²) < 4.78 is 4.73. The molecule has 0 aromatic heterocycles. The molecule has 6 heteroatoms. The van der Waals surface area contributed by atoms with E-state index in [1.165, 1.54) is 7.11 Å². The summed E-state index contributed by atoms with van der Waals surface area (Å²) in [5.74, 6) is -0.420. The summed E-state index contributed by atoms with van der Waals surface area (Å²) in [7, 11) is 2.97. The molecule has 0 radical (unpaired) electrons. The van der Waals surface area contributed by atoms with E-state index in [9.17, 15) is 9.59 Å². The van der Waals surface area contributed by atoms with Gasteiger partial charge >= 0.3 is 5.97 Å². The van der Waals surface area contributed by atoms with E-state index in [1.807, 2.05) is 13.0 Å². The fraction of sp³-hybridized carbons (Fsp3) is 0.467. The van der Waals surface area contributed by atoms with Gasteiger partial charge in [0.05, 0.1) is 18.1 Å². The lowest BCUT2D eigenvalue weighted by Crippen LogP contribution is -2.39. The van der Waals surface area contributed by atoms with Gasteiger partial charge < -0.3 is 20.7 Å². The molecule has 1 aromatic carbocycles. The second-order valence-electron chi connectivity index (χ2n) is 5.57. The van der Waals surface area contributed by atoms with E-state index in [4.69, 9.17) is 10.5 Å². The van der Waals surface area contributed by atoms with Gasteiger partial charge in [0.15, 0.2) is 0 Å². The van der Waals surface area contributed by atoms with Crippen molar-refractivity contribution in [2.75, 3.05) is 37.9 Å². The second-order valence-corrected chi connectivity index (χ2v) is 5.57. The molecule has 1 atom stereocenters. The molecule has 1 amide bonds. The lowest BCUT2D eigenvalue weighted by molar-refractivity contribution is -0.128. The van der Waals surface area contributed by atoms with Crippen molar-refractivity contribution in [1.29, 1.82) is 0 Å². The van der Waals surface area contributed by atoms with E-state index in [-0.39, 0.29) is 5.91 Å². The summed E-state index contributed by atoms with van der Waals surface area (Å²) in [6.45, 7) is 3.32. The Morgan fingerprint density at radius 1 is 1.43 bits per heavy atom. The van der Waals surface area contributed by atoms with E-state index in [0.29, 0.717) is 17.8 Å². The molecule has 1 aliphatic rings. The van der Waals surface area contributed by atoms with Crippen LogP contribution in [0.5, 0.6) is 0 Å². The first-order valence-corrected chi connectivity index (χ1v) is 6.86. The number of carbonyl (C=O) groups is 2. The number of nitrogen functional groups attached to an aromatic ring is 1. The molecule has 0 bridgehead atoms. The molecule has 21 heavy (non-hydrogen) atoms. The second kappa shape index (κ2) is 5.63. The van der Waals surface area contributed by atoms with E-state index in [1.54, 1.807) is 19.2 Å². The van der Waals surface area contributed by atoms with Crippen LogP contribution in [0, 0.1) is 5.41 Å². The number of anilines is 2. The number of carbonyl (C=O) groups excluding carboxylic acids is 2. The normalized spacial score (nSPS) is 21.2. The van der Waals surface area contributed by atoms with Gasteiger partial charge in [-0.15, -0.1) is 0 Å². The molecule has 1 fully saturated rings. The van der Waals surface area contributed by atoms with Gasteiger partial charge in [-0.05, 0) is 31.5 Å². The summed E-state index contributed by atoms with van der Waals surface area (Å²) in [5, 5.41) is 2.71. The highest BCUT2D eigenvalue weighted by Crippen LogP contribution is 2.34. The van der Waals surface area contributed by atoms with Crippen LogP contribution < -0.4 is 16.0 Å². The molecule has 1 aromatic rings. The lowest BCUT2D eigenvalue weighted by Gasteiger charge is -2.24. The summed E-state index contributed by atoms with van der Waals surface area (Å²) >= 11 is 0. The van der Waals surface area contributed by atoms with Gasteiger partial charge in [0.2, 0.25) is 5.91 Å². The topological polar surface area (TPSA) is 84.7 Å². The smallest absolute Gasteiger partial charge is 0.340 e. The fourth-order valence-corrected chi connectivity index (χ4v) is 2.70. The number of nitrogens with two attached hydrogens (primary N) is 1. The number of nitrogens with zero attached hydrogens (tertiary/aromatic N) is 1. The molecule has 114 valence electrons. The van der Waals surface area contributed by atoms with Crippen molar-refractivity contribution in [3.63, 3.8) is 0 Å². The van der Waals surface area contributed by atoms with Gasteiger partial charge in [0.25, 0.3) is 0 Å². The summed E-state index contributed by atoms with van der Waals surface area (Å²) in [6.07, 6.45) is 0.768. The first kappa shape index (κ1) is 15.2. The molecule has 0 aliphatic carbocycles. The molecule has 6 nitrogen and oxygen atoms in total. The number of esters is 1. The minimum absolute atomic E-state index is 0.0358. The number of nitrogens with one attached hydrogen (secondary N) is 1. The molecule has 1 aliphatic heterocycles. The summed E-state index contributed by atoms with van der Waals surface area (Å²) in [6, 6.07) is 5.27. The zero-order valence-electron chi connectivity index (χ0n) is 12.6. The zero-order chi connectivity index (χ0) is 15.6. The highest BCUT2D eigenvalue weighted by Gasteiger charge is 2.40. The van der Waals surface area contributed by atoms with Crippen LogP contribution in [-0.4, -0.2) is 39.1 Å². The average molecular weight is 291 g/mol. The third-order valence-corrected chi connectivity index (χ3v) is 4.06. The third-order valence-electron chi connectivity index (χ3n) is 4.06. The quantitative estimate of drug-likeness (QED) is 0.641. The molecule has 0 saturated carbocycles. The Balaban J connectivity index is 2.25. The van der Waals surface area contributed by atoms with Crippen molar-refractivity contribution in [2.24, 2.45) is 5.41 Å². The third kappa shape index (κ3) is 2.79. The van der Waals surface area contributed by atoms with E-state index in [0.717, 1.165) is 18.7 Å². The van der Waals surface area contributed by atoms with Crippen LogP contribution in [0.1, 0.15) is 23.7 Å². The number of rotatable bonds is 3. The first-order valence-electron chi connectivity index (χ1n) is 6.86. The summed E-state index contributed by atoms with van der Waals surface area (Å²) in [4.78, 5) is 25.7. The summed E-state index contributed by atoms with van der Waals surface area (Å²) in [5.41, 5.74) is 7.00. The Bertz CT molecular complexity index is 573. The molecule has 0 spiro atoms. The molecule has 1 saturated heterocycles. The first-order chi connectivity index (χ1) is 9.91. The number of ether oxygens (including phenoxy) is 1. The number of hydrogen-bond acceptors (Lipinski definition) is 5. The molecular formula is C15H21N3O3. The van der Waals surface area contributed by atoms with Crippen LogP contribution in [0.25, 0.3) is 0 Å². The van der Waals surface area contributed by atoms with Crippen molar-refractivity contribution >= 4 is 23.3 Å². The number of hydrogen-bond donors (Lipinski definition) is 2. The van der Waals surface area contributed by atoms with E-state index in [2.05, 4.69) is 10.2 Å². The van der Waals surface area contributed by atoms with Gasteiger partial charge in [0, 0.05) is 31.5 Å². The minimum atomic E-state index is -0.456. The van der Waals surface area contributed by atoms with Crippen molar-refractivity contribution < 1.29 is 14.3 Å². The number of methoxy groups -OCH3 is 1. The molecular weight excluding hydrogens is 270 g/mol. The SMILES string of the molecule is CNC(=O)C1(C)CCN(c2ccc(N)c(C(=O)OC)c2)C1. The van der Waals surface area contributed by atoms with Crippen LogP contribution in [-0.2, 0) is 9.53 Å². The average Bonchev–Trinajstić information content (AvgIpc) is 2.89. The maximum Gasteiger partial charge on any atom is 0.340 e. The van der Waals surface area contributed by atoms with Crippen molar-refractivity contribution in [3.8, 4) is 0 Å². The van der Waals surface area contributed by atoms with Gasteiger partial charge in [-0.25, -0.2) is 4.79 Å². The van der Waals surface area contributed by atoms with Gasteiger partial charge in [-0.3, -0.25) is 4.79 Å². The highest BCUT2D eigenvalue weighted by atomic mass is 16.5. The van der Waals surface area contributed by atoms with Crippen LogP contribution in [0.4, 0.5) is 11.4 Å². The molecule has 3 N–H and O–H groups in total. The number of benzene rings is 1. The maximum atomic E-state index is 12.0. The van der Waals surface area contributed by atoms with Gasteiger partial charge in [-0.1, -0.05) is 0 Å². The Morgan fingerprint density at radius 3 is 2.76 bits per heavy atom. The van der Waals surface area contributed by atoms with Crippen molar-refractivity contribution in [3.05, 3.63) is 23.8 Å². The maximum absolute atomic E-state index is 12.0. The van der Waals surface area contributed by atoms with Crippen LogP contribution in [0.3, 0.4) is 0 Å². The fourth-order valence-electron chi connectivity index (χ4n) is 2.70. The lowest BCUT2D eigenvalue weighted by atomic mass is 9.89. The van der Waals surface area contributed by atoms with Crippen molar-refractivity contribution in [1.82, 2.24) is 5.32 Å². The molecule has 1 heterocycles. The minimum Gasteiger partial charge on any atom is -0.465 e. The van der Waals surface area contributed by atoms with Gasteiger partial charge in [-0.2, -0.15) is 0 Å². The largest absolute Gasteiger partial charge is 0.465 e. The van der Waals surface area contributed by atoms with E-state index >= 15 is 0 Å². The molecule has 1 unspecified atom stereocenters. The van der Waals surface area contributed by atoms with Crippen molar-refractivity contribution in [2.45, 2.75) is 13.3 Å². The zero-order valence-corrected chi connectivity index (χ0v) is 12.6. The molecule has 2 rings (SSSR count). The standard InChI is InChI=1S/C15H21N3O3/c1-15(14(20)17-2)6-7-18(9-15)10-4-5-12(16)11(8-10)13(19)21-3/h4-5,8H,6-7,9,16H2,1-3H3,(H,17,20). The van der Waals surface area contributed by atoms with Crippen LogP contribution in [0.15, 0.2) is 18.2 Å². The Labute approximate surface area is 124 Å². The number of amides is 1.